The molecule has 0 aromatic heterocycles. The summed E-state index contributed by atoms with van der Waals surface area (Å²) in [6.07, 6.45) is 4.71. The third-order valence-electron chi connectivity index (χ3n) is 6.34. The molecule has 3 amide bonds. The fourth-order valence-electron chi connectivity index (χ4n) is 4.38. The summed E-state index contributed by atoms with van der Waals surface area (Å²) in [4.78, 5) is 41.0. The number of fused-ring (bicyclic) bond motifs is 1. The van der Waals surface area contributed by atoms with Crippen molar-refractivity contribution in [3.63, 3.8) is 0 Å². The van der Waals surface area contributed by atoms with E-state index >= 15 is 0 Å². The van der Waals surface area contributed by atoms with Crippen LogP contribution in [0.2, 0.25) is 0 Å². The van der Waals surface area contributed by atoms with Gasteiger partial charge in [0, 0.05) is 13.1 Å². The van der Waals surface area contributed by atoms with Gasteiger partial charge in [0.1, 0.15) is 18.9 Å². The van der Waals surface area contributed by atoms with Crippen molar-refractivity contribution < 1.29 is 19.1 Å². The summed E-state index contributed by atoms with van der Waals surface area (Å²) in [5.41, 5.74) is 1.82. The highest BCUT2D eigenvalue weighted by molar-refractivity contribution is 9.10. The molecule has 2 aliphatic heterocycles. The van der Waals surface area contributed by atoms with Crippen LogP contribution in [-0.4, -0.2) is 46.5 Å². The van der Waals surface area contributed by atoms with E-state index in [2.05, 4.69) is 46.3 Å². The molecule has 2 fully saturated rings. The first-order valence-electron chi connectivity index (χ1n) is 11.9. The zero-order valence-electron chi connectivity index (χ0n) is 19.6. The predicted molar refractivity (Wildman–Crippen MR) is 146 cm³/mol. The fraction of sp³-hybridized carbons (Fsp3) is 0.250. The van der Waals surface area contributed by atoms with E-state index in [1.807, 2.05) is 30.3 Å². The molecular formula is C28H25BrN2O4S. The number of ether oxygens (including phenoxy) is 1. The molecule has 0 bridgehead atoms. The van der Waals surface area contributed by atoms with Gasteiger partial charge >= 0.3 is 0 Å². The number of benzene rings is 3. The lowest BCUT2D eigenvalue weighted by atomic mass is 10.1. The maximum Gasteiger partial charge on any atom is 0.294 e. The molecule has 0 radical (unpaired) electrons. The van der Waals surface area contributed by atoms with Crippen LogP contribution in [0.25, 0.3) is 16.8 Å². The van der Waals surface area contributed by atoms with E-state index in [0.717, 1.165) is 51.5 Å². The zero-order chi connectivity index (χ0) is 25.1. The van der Waals surface area contributed by atoms with Crippen molar-refractivity contribution in [2.45, 2.75) is 25.9 Å². The van der Waals surface area contributed by atoms with Crippen molar-refractivity contribution in [3.8, 4) is 5.75 Å². The van der Waals surface area contributed by atoms with Crippen LogP contribution in [0.15, 0.2) is 70.0 Å². The number of piperidine rings is 1. The van der Waals surface area contributed by atoms with Gasteiger partial charge in [-0.25, -0.2) is 0 Å². The molecule has 2 heterocycles. The second-order valence-electron chi connectivity index (χ2n) is 8.87. The average Bonchev–Trinajstić information content (AvgIpc) is 3.15. The number of thioether (sulfide) groups is 1. The number of likely N-dealkylation sites (tertiary alicyclic amines) is 1. The highest BCUT2D eigenvalue weighted by Gasteiger charge is 2.37. The largest absolute Gasteiger partial charge is 0.488 e. The maximum absolute atomic E-state index is 12.9. The van der Waals surface area contributed by atoms with E-state index in [-0.39, 0.29) is 12.5 Å². The smallest absolute Gasteiger partial charge is 0.294 e. The molecule has 6 nitrogen and oxygen atoms in total. The molecule has 3 aromatic rings. The van der Waals surface area contributed by atoms with Crippen molar-refractivity contribution in [3.05, 3.63) is 81.2 Å². The lowest BCUT2D eigenvalue weighted by Gasteiger charge is -2.27. The van der Waals surface area contributed by atoms with Crippen molar-refractivity contribution in [2.24, 2.45) is 0 Å². The monoisotopic (exact) mass is 564 g/mol. The van der Waals surface area contributed by atoms with Crippen molar-refractivity contribution in [1.82, 2.24) is 9.80 Å². The van der Waals surface area contributed by atoms with Crippen LogP contribution in [0.5, 0.6) is 5.75 Å². The van der Waals surface area contributed by atoms with E-state index in [1.54, 1.807) is 11.0 Å². The van der Waals surface area contributed by atoms with E-state index < -0.39 is 11.1 Å². The molecule has 0 N–H and O–H groups in total. The molecule has 0 saturated carbocycles. The Morgan fingerprint density at radius 3 is 2.53 bits per heavy atom. The zero-order valence-corrected chi connectivity index (χ0v) is 22.0. The Kier molecular flexibility index (Phi) is 7.43. The normalized spacial score (nSPS) is 17.3. The van der Waals surface area contributed by atoms with Gasteiger partial charge in [-0.3, -0.25) is 19.3 Å². The van der Waals surface area contributed by atoms with Crippen LogP contribution in [0.3, 0.4) is 0 Å². The molecule has 8 heteroatoms. The third kappa shape index (κ3) is 5.50. The predicted octanol–water partition coefficient (Wildman–Crippen LogP) is 6.23. The summed E-state index contributed by atoms with van der Waals surface area (Å²) < 4.78 is 6.76. The molecule has 36 heavy (non-hydrogen) atoms. The molecule has 0 aliphatic carbocycles. The number of amides is 3. The molecule has 2 saturated heterocycles. The molecule has 0 atom stereocenters. The summed E-state index contributed by atoms with van der Waals surface area (Å²) in [6, 6.07) is 20.0. The van der Waals surface area contributed by atoms with E-state index in [9.17, 15) is 14.4 Å². The van der Waals surface area contributed by atoms with Crippen LogP contribution in [0.1, 0.15) is 30.4 Å². The quantitative estimate of drug-likeness (QED) is 0.332. The third-order valence-corrected chi connectivity index (χ3v) is 7.86. The molecule has 0 unspecified atom stereocenters. The average molecular weight is 565 g/mol. The number of hydrogen-bond acceptors (Lipinski definition) is 5. The highest BCUT2D eigenvalue weighted by Crippen LogP contribution is 2.34. The Balaban J connectivity index is 1.23. The first-order chi connectivity index (χ1) is 17.5. The van der Waals surface area contributed by atoms with Gasteiger partial charge in [-0.2, -0.15) is 0 Å². The Labute approximate surface area is 222 Å². The topological polar surface area (TPSA) is 66.9 Å². The van der Waals surface area contributed by atoms with Gasteiger partial charge in [-0.05, 0) is 93.1 Å². The van der Waals surface area contributed by atoms with Gasteiger partial charge in [0.05, 0.1) is 9.38 Å². The Morgan fingerprint density at radius 1 is 0.972 bits per heavy atom. The van der Waals surface area contributed by atoms with Gasteiger partial charge < -0.3 is 9.64 Å². The second kappa shape index (κ2) is 10.9. The minimum absolute atomic E-state index is 0.172. The van der Waals surface area contributed by atoms with Crippen molar-refractivity contribution in [1.29, 1.82) is 0 Å². The number of hydrogen-bond donors (Lipinski definition) is 0. The van der Waals surface area contributed by atoms with Gasteiger partial charge in [0.25, 0.3) is 11.1 Å². The summed E-state index contributed by atoms with van der Waals surface area (Å²) in [7, 11) is 0. The molecule has 2 aliphatic rings. The number of imide groups is 1. The van der Waals surface area contributed by atoms with E-state index in [4.69, 9.17) is 4.74 Å². The van der Waals surface area contributed by atoms with Crippen molar-refractivity contribution >= 4 is 61.6 Å². The SMILES string of the molecule is O=C(CN1C(=O)S/C(=C\c2ccc(OCc3ccc4ccccc4c3)c(Br)c2)C1=O)N1CCCCC1. The molecule has 3 aromatic carbocycles. The highest BCUT2D eigenvalue weighted by atomic mass is 79.9. The van der Waals surface area contributed by atoms with Gasteiger partial charge in [0.2, 0.25) is 5.91 Å². The molecule has 5 rings (SSSR count). The summed E-state index contributed by atoms with van der Waals surface area (Å²) >= 11 is 4.42. The molecule has 0 spiro atoms. The Morgan fingerprint density at radius 2 is 1.75 bits per heavy atom. The van der Waals surface area contributed by atoms with Crippen LogP contribution >= 0.6 is 27.7 Å². The summed E-state index contributed by atoms with van der Waals surface area (Å²) in [5, 5.41) is 1.94. The number of carbonyl (C=O) groups excluding carboxylic acids is 3. The molecular weight excluding hydrogens is 540 g/mol. The standard InChI is InChI=1S/C28H25BrN2O4S/c29-23-15-19(9-11-24(23)35-18-20-8-10-21-6-2-3-7-22(21)14-20)16-25-27(33)31(28(34)36-25)17-26(32)30-12-4-1-5-13-30/h2-3,6-11,14-16H,1,4-5,12-13,17-18H2/b25-16-. The fourth-order valence-corrected chi connectivity index (χ4v) is 5.73. The number of carbonyl (C=O) groups is 3. The van der Waals surface area contributed by atoms with Crippen LogP contribution in [-0.2, 0) is 16.2 Å². The van der Waals surface area contributed by atoms with Crippen LogP contribution in [0.4, 0.5) is 4.79 Å². The number of halogens is 1. The Hall–Kier alpha value is -3.10. The van der Waals surface area contributed by atoms with E-state index in [0.29, 0.717) is 30.4 Å². The van der Waals surface area contributed by atoms with Gasteiger partial charge in [-0.1, -0.05) is 42.5 Å². The molecule has 184 valence electrons. The number of rotatable bonds is 6. The van der Waals surface area contributed by atoms with Gasteiger partial charge in [-0.15, -0.1) is 0 Å². The minimum Gasteiger partial charge on any atom is -0.488 e. The van der Waals surface area contributed by atoms with Crippen LogP contribution < -0.4 is 4.74 Å². The minimum atomic E-state index is -0.428. The van der Waals surface area contributed by atoms with Gasteiger partial charge in [0.15, 0.2) is 0 Å². The summed E-state index contributed by atoms with van der Waals surface area (Å²) in [5.74, 6) is 0.0811. The second-order valence-corrected chi connectivity index (χ2v) is 10.7. The van der Waals surface area contributed by atoms with E-state index in [1.165, 1.54) is 10.8 Å². The number of nitrogens with zero attached hydrogens (tertiary/aromatic N) is 2. The Bertz CT molecular complexity index is 1370. The van der Waals surface area contributed by atoms with Crippen molar-refractivity contribution in [2.75, 3.05) is 19.6 Å². The maximum atomic E-state index is 12.9. The first kappa shape index (κ1) is 24.6. The lowest BCUT2D eigenvalue weighted by molar-refractivity contribution is -0.136. The first-order valence-corrected chi connectivity index (χ1v) is 13.5. The lowest BCUT2D eigenvalue weighted by Crippen LogP contribution is -2.44. The summed E-state index contributed by atoms with van der Waals surface area (Å²) in [6.45, 7) is 1.60. The van der Waals surface area contributed by atoms with Crippen LogP contribution in [0, 0.1) is 0 Å².